The van der Waals surface area contributed by atoms with E-state index in [-0.39, 0.29) is 11.5 Å². The molecule has 0 unspecified atom stereocenters. The Hall–Kier alpha value is -1.13. The van der Waals surface area contributed by atoms with Crippen molar-refractivity contribution in [2.45, 2.75) is 6.42 Å². The third kappa shape index (κ3) is 2.71. The number of benzene rings is 1. The van der Waals surface area contributed by atoms with Gasteiger partial charge >= 0.3 is 0 Å². The summed E-state index contributed by atoms with van der Waals surface area (Å²) in [7, 11) is 0. The highest BCUT2D eigenvalue weighted by Gasteiger charge is 2.09. The van der Waals surface area contributed by atoms with Gasteiger partial charge in [0.2, 0.25) is 0 Å². The number of phenols is 1. The maximum absolute atomic E-state index is 11.8. The van der Waals surface area contributed by atoms with E-state index in [1.165, 1.54) is 11.3 Å². The highest BCUT2D eigenvalue weighted by Crippen LogP contribution is 2.22. The molecule has 0 aliphatic rings. The number of carbonyl (C=O) groups is 1. The molecule has 0 atom stereocenters. The second kappa shape index (κ2) is 4.80. The monoisotopic (exact) mass is 296 g/mol. The van der Waals surface area contributed by atoms with Crippen LogP contribution in [0.1, 0.15) is 15.2 Å². The van der Waals surface area contributed by atoms with Crippen LogP contribution in [0, 0.1) is 0 Å². The molecule has 0 radical (unpaired) electrons. The fraction of sp³-hybridized carbons (Fsp3) is 0.0833. The Morgan fingerprint density at radius 1 is 1.38 bits per heavy atom. The molecule has 0 amide bonds. The van der Waals surface area contributed by atoms with Gasteiger partial charge in [-0.05, 0) is 39.7 Å². The maximum Gasteiger partial charge on any atom is 0.177 e. The molecule has 0 spiro atoms. The van der Waals surface area contributed by atoms with Gasteiger partial charge in [-0.3, -0.25) is 4.79 Å². The van der Waals surface area contributed by atoms with E-state index < -0.39 is 0 Å². The van der Waals surface area contributed by atoms with E-state index in [1.54, 1.807) is 18.2 Å². The van der Waals surface area contributed by atoms with Crippen molar-refractivity contribution in [3.05, 3.63) is 50.6 Å². The van der Waals surface area contributed by atoms with Crippen LogP contribution in [0.25, 0.3) is 0 Å². The predicted molar refractivity (Wildman–Crippen MR) is 68.2 cm³/mol. The lowest BCUT2D eigenvalue weighted by Gasteiger charge is -1.99. The van der Waals surface area contributed by atoms with Crippen molar-refractivity contribution in [1.29, 1.82) is 0 Å². The van der Waals surface area contributed by atoms with Crippen molar-refractivity contribution >= 4 is 33.0 Å². The number of halogens is 1. The van der Waals surface area contributed by atoms with E-state index in [0.29, 0.717) is 6.42 Å². The molecule has 16 heavy (non-hydrogen) atoms. The van der Waals surface area contributed by atoms with Crippen LogP contribution in [0.2, 0.25) is 0 Å². The van der Waals surface area contributed by atoms with Gasteiger partial charge in [-0.2, -0.15) is 0 Å². The molecular formula is C12H9BrO2S. The summed E-state index contributed by atoms with van der Waals surface area (Å²) >= 11 is 4.74. The van der Waals surface area contributed by atoms with Crippen molar-refractivity contribution in [3.8, 4) is 5.75 Å². The molecule has 0 saturated heterocycles. The van der Waals surface area contributed by atoms with Crippen molar-refractivity contribution in [3.63, 3.8) is 0 Å². The zero-order chi connectivity index (χ0) is 11.5. The maximum atomic E-state index is 11.8. The molecule has 1 aromatic heterocycles. The third-order valence-corrected chi connectivity index (χ3v) is 3.85. The minimum absolute atomic E-state index is 0.0706. The van der Waals surface area contributed by atoms with Crippen LogP contribution in [0.15, 0.2) is 40.2 Å². The fourth-order valence-corrected chi connectivity index (χ4v) is 2.77. The van der Waals surface area contributed by atoms with Crippen molar-refractivity contribution in [2.24, 2.45) is 0 Å². The molecule has 1 N–H and O–H groups in total. The van der Waals surface area contributed by atoms with Crippen LogP contribution in [-0.4, -0.2) is 10.9 Å². The molecule has 2 nitrogen and oxygen atoms in total. The first kappa shape index (κ1) is 11.4. The molecule has 4 heteroatoms. The number of ketones is 1. The first-order valence-electron chi connectivity index (χ1n) is 4.70. The fourth-order valence-electron chi connectivity index (χ4n) is 1.40. The quantitative estimate of drug-likeness (QED) is 0.878. The predicted octanol–water partition coefficient (Wildman–Crippen LogP) is 3.64. The van der Waals surface area contributed by atoms with Gasteiger partial charge in [0.25, 0.3) is 0 Å². The van der Waals surface area contributed by atoms with Crippen LogP contribution in [0.3, 0.4) is 0 Å². The Morgan fingerprint density at radius 2 is 2.19 bits per heavy atom. The average Bonchev–Trinajstić information content (AvgIpc) is 2.65. The first-order chi connectivity index (χ1) is 7.65. The van der Waals surface area contributed by atoms with Crippen molar-refractivity contribution < 1.29 is 9.90 Å². The van der Waals surface area contributed by atoms with Gasteiger partial charge in [-0.25, -0.2) is 0 Å². The second-order valence-electron chi connectivity index (χ2n) is 3.40. The summed E-state index contributed by atoms with van der Waals surface area (Å²) in [4.78, 5) is 12.6. The molecule has 0 aliphatic heterocycles. The Morgan fingerprint density at radius 3 is 2.81 bits per heavy atom. The highest BCUT2D eigenvalue weighted by atomic mass is 79.9. The third-order valence-electron chi connectivity index (χ3n) is 2.12. The number of rotatable bonds is 3. The van der Waals surface area contributed by atoms with E-state index >= 15 is 0 Å². The largest absolute Gasteiger partial charge is 0.508 e. The zero-order valence-electron chi connectivity index (χ0n) is 8.31. The minimum atomic E-state index is 0.0706. The Balaban J connectivity index is 2.13. The molecule has 0 bridgehead atoms. The number of hydrogen-bond acceptors (Lipinski definition) is 3. The lowest BCUT2D eigenvalue weighted by Crippen LogP contribution is -2.00. The lowest BCUT2D eigenvalue weighted by atomic mass is 10.1. The Bertz CT molecular complexity index is 519. The summed E-state index contributed by atoms with van der Waals surface area (Å²) in [5, 5.41) is 11.2. The summed E-state index contributed by atoms with van der Waals surface area (Å²) in [5.74, 6) is 0.263. The van der Waals surface area contributed by atoms with Gasteiger partial charge in [0, 0.05) is 16.3 Å². The summed E-state index contributed by atoms with van der Waals surface area (Å²) in [6, 6.07) is 8.59. The molecule has 2 rings (SSSR count). The molecule has 0 aliphatic carbocycles. The standard InChI is InChI=1S/C12H9BrO2S/c13-9-6-12(16-7-9)11(15)5-8-2-1-3-10(14)4-8/h1-4,6-7,14H,5H2. The van der Waals surface area contributed by atoms with Gasteiger partial charge in [0.15, 0.2) is 5.78 Å². The number of aromatic hydroxyl groups is 1. The molecule has 1 heterocycles. The van der Waals surface area contributed by atoms with E-state index in [1.807, 2.05) is 17.5 Å². The number of carbonyl (C=O) groups excluding carboxylic acids is 1. The Kier molecular flexibility index (Phi) is 3.41. The van der Waals surface area contributed by atoms with Crippen molar-refractivity contribution in [2.75, 3.05) is 0 Å². The molecule has 82 valence electrons. The molecule has 0 fully saturated rings. The van der Waals surface area contributed by atoms with E-state index in [9.17, 15) is 9.90 Å². The molecular weight excluding hydrogens is 288 g/mol. The van der Waals surface area contributed by atoms with Gasteiger partial charge in [0.05, 0.1) is 4.88 Å². The van der Waals surface area contributed by atoms with Gasteiger partial charge in [-0.1, -0.05) is 12.1 Å². The number of phenolic OH excluding ortho intramolecular Hbond substituents is 1. The smallest absolute Gasteiger partial charge is 0.177 e. The van der Waals surface area contributed by atoms with Gasteiger partial charge < -0.3 is 5.11 Å². The highest BCUT2D eigenvalue weighted by molar-refractivity contribution is 9.10. The molecule has 1 aromatic carbocycles. The summed E-state index contributed by atoms with van der Waals surface area (Å²) < 4.78 is 0.928. The summed E-state index contributed by atoms with van der Waals surface area (Å²) in [6.07, 6.45) is 0.321. The number of hydrogen-bond donors (Lipinski definition) is 1. The van der Waals surface area contributed by atoms with Crippen LogP contribution < -0.4 is 0 Å². The Labute approximate surface area is 106 Å². The van der Waals surface area contributed by atoms with E-state index in [2.05, 4.69) is 15.9 Å². The molecule has 0 saturated carbocycles. The van der Waals surface area contributed by atoms with Crippen LogP contribution in [-0.2, 0) is 6.42 Å². The summed E-state index contributed by atoms with van der Waals surface area (Å²) in [6.45, 7) is 0. The SMILES string of the molecule is O=C(Cc1cccc(O)c1)c1cc(Br)cs1. The lowest BCUT2D eigenvalue weighted by molar-refractivity contribution is 0.0997. The van der Waals surface area contributed by atoms with Gasteiger partial charge in [0.1, 0.15) is 5.75 Å². The zero-order valence-corrected chi connectivity index (χ0v) is 10.7. The van der Waals surface area contributed by atoms with Crippen LogP contribution in [0.4, 0.5) is 0 Å². The normalized spacial score (nSPS) is 10.3. The minimum Gasteiger partial charge on any atom is -0.508 e. The van der Waals surface area contributed by atoms with E-state index in [4.69, 9.17) is 0 Å². The van der Waals surface area contributed by atoms with Crippen molar-refractivity contribution in [1.82, 2.24) is 0 Å². The second-order valence-corrected chi connectivity index (χ2v) is 5.23. The van der Waals surface area contributed by atoms with E-state index in [0.717, 1.165) is 14.9 Å². The van der Waals surface area contributed by atoms with Gasteiger partial charge in [-0.15, -0.1) is 11.3 Å². The first-order valence-corrected chi connectivity index (χ1v) is 6.37. The number of Topliss-reactive ketones (excluding diaryl/α,β-unsaturated/α-hetero) is 1. The summed E-state index contributed by atoms with van der Waals surface area (Å²) in [5.41, 5.74) is 0.828. The number of thiophene rings is 1. The topological polar surface area (TPSA) is 37.3 Å². The molecule has 2 aromatic rings. The van der Waals surface area contributed by atoms with Crippen LogP contribution in [0.5, 0.6) is 5.75 Å². The average molecular weight is 297 g/mol. The van der Waals surface area contributed by atoms with Crippen LogP contribution >= 0.6 is 27.3 Å².